The molecule has 0 aromatic heterocycles. The van der Waals surface area contributed by atoms with Gasteiger partial charge in [-0.05, 0) is 36.6 Å². The molecule has 3 heteroatoms. The standard InChI is InChI=1S/C16H28N2O/c1-12-9-13(7-8-15(12)19-6)14(10-17)18(5)11-16(2,3)4/h7-9,14H,10-11,17H2,1-6H3. The quantitative estimate of drug-likeness (QED) is 0.888. The van der Waals surface area contributed by atoms with Crippen molar-refractivity contribution in [3.8, 4) is 5.75 Å². The molecule has 1 aromatic carbocycles. The highest BCUT2D eigenvalue weighted by atomic mass is 16.5. The van der Waals surface area contributed by atoms with Gasteiger partial charge in [-0.3, -0.25) is 4.90 Å². The van der Waals surface area contributed by atoms with E-state index < -0.39 is 0 Å². The van der Waals surface area contributed by atoms with E-state index in [1.807, 2.05) is 6.07 Å². The van der Waals surface area contributed by atoms with Gasteiger partial charge in [-0.1, -0.05) is 32.9 Å². The number of methoxy groups -OCH3 is 1. The molecule has 0 amide bonds. The van der Waals surface area contributed by atoms with Crippen LogP contribution in [-0.2, 0) is 0 Å². The third-order valence-corrected chi connectivity index (χ3v) is 3.28. The van der Waals surface area contributed by atoms with Gasteiger partial charge in [0.25, 0.3) is 0 Å². The largest absolute Gasteiger partial charge is 0.496 e. The van der Waals surface area contributed by atoms with Crippen LogP contribution >= 0.6 is 0 Å². The molecule has 0 fully saturated rings. The Hall–Kier alpha value is -1.06. The van der Waals surface area contributed by atoms with Gasteiger partial charge in [0.15, 0.2) is 0 Å². The van der Waals surface area contributed by atoms with Gasteiger partial charge in [0.2, 0.25) is 0 Å². The smallest absolute Gasteiger partial charge is 0.121 e. The van der Waals surface area contributed by atoms with Crippen molar-refractivity contribution in [2.45, 2.75) is 33.7 Å². The van der Waals surface area contributed by atoms with Crippen molar-refractivity contribution in [1.29, 1.82) is 0 Å². The minimum atomic E-state index is 0.254. The average Bonchev–Trinajstić information content (AvgIpc) is 2.27. The third-order valence-electron chi connectivity index (χ3n) is 3.28. The van der Waals surface area contributed by atoms with E-state index in [-0.39, 0.29) is 11.5 Å². The second kappa shape index (κ2) is 6.40. The summed E-state index contributed by atoms with van der Waals surface area (Å²) in [7, 11) is 3.84. The Kier molecular flexibility index (Phi) is 5.39. The highest BCUT2D eigenvalue weighted by Crippen LogP contribution is 2.27. The van der Waals surface area contributed by atoms with Crippen molar-refractivity contribution in [2.75, 3.05) is 27.2 Å². The molecule has 0 spiro atoms. The summed E-state index contributed by atoms with van der Waals surface area (Å²) in [5, 5.41) is 0. The first-order chi connectivity index (χ1) is 8.78. The highest BCUT2D eigenvalue weighted by Gasteiger charge is 2.21. The molecule has 0 bridgehead atoms. The van der Waals surface area contributed by atoms with Crippen molar-refractivity contribution >= 4 is 0 Å². The number of hydrogen-bond donors (Lipinski definition) is 1. The molecular formula is C16H28N2O. The molecule has 3 nitrogen and oxygen atoms in total. The summed E-state index contributed by atoms with van der Waals surface area (Å²) in [6.45, 7) is 10.4. The molecule has 0 heterocycles. The maximum atomic E-state index is 5.97. The first-order valence-electron chi connectivity index (χ1n) is 6.83. The van der Waals surface area contributed by atoms with E-state index >= 15 is 0 Å². The Morgan fingerprint density at radius 3 is 2.37 bits per heavy atom. The van der Waals surface area contributed by atoms with Crippen LogP contribution in [0, 0.1) is 12.3 Å². The van der Waals surface area contributed by atoms with Gasteiger partial charge in [0.1, 0.15) is 5.75 Å². The summed E-state index contributed by atoms with van der Waals surface area (Å²) in [6.07, 6.45) is 0. The zero-order chi connectivity index (χ0) is 14.6. The molecule has 0 radical (unpaired) electrons. The Bertz CT molecular complexity index is 410. The van der Waals surface area contributed by atoms with Crippen molar-refractivity contribution < 1.29 is 4.74 Å². The summed E-state index contributed by atoms with van der Waals surface area (Å²) >= 11 is 0. The van der Waals surface area contributed by atoms with Gasteiger partial charge in [-0.25, -0.2) is 0 Å². The molecule has 19 heavy (non-hydrogen) atoms. The predicted molar refractivity (Wildman–Crippen MR) is 81.6 cm³/mol. The number of nitrogens with zero attached hydrogens (tertiary/aromatic N) is 1. The minimum Gasteiger partial charge on any atom is -0.496 e. The molecule has 2 N–H and O–H groups in total. The zero-order valence-corrected chi connectivity index (χ0v) is 13.2. The van der Waals surface area contributed by atoms with Crippen molar-refractivity contribution in [3.05, 3.63) is 29.3 Å². The van der Waals surface area contributed by atoms with Crippen LogP contribution in [0.2, 0.25) is 0 Å². The fraction of sp³-hybridized carbons (Fsp3) is 0.625. The van der Waals surface area contributed by atoms with Crippen molar-refractivity contribution in [3.63, 3.8) is 0 Å². The Morgan fingerprint density at radius 2 is 1.95 bits per heavy atom. The van der Waals surface area contributed by atoms with E-state index in [1.54, 1.807) is 7.11 Å². The monoisotopic (exact) mass is 264 g/mol. The molecule has 0 aliphatic carbocycles. The van der Waals surface area contributed by atoms with E-state index in [9.17, 15) is 0 Å². The molecule has 1 rings (SSSR count). The lowest BCUT2D eigenvalue weighted by atomic mass is 9.94. The second-order valence-electron chi connectivity index (χ2n) is 6.46. The van der Waals surface area contributed by atoms with Crippen LogP contribution in [-0.4, -0.2) is 32.1 Å². The fourth-order valence-corrected chi connectivity index (χ4v) is 2.54. The normalized spacial score (nSPS) is 13.7. The lowest BCUT2D eigenvalue weighted by Crippen LogP contribution is -2.36. The fourth-order valence-electron chi connectivity index (χ4n) is 2.54. The molecular weight excluding hydrogens is 236 g/mol. The van der Waals surface area contributed by atoms with Crippen LogP contribution in [0.25, 0.3) is 0 Å². The second-order valence-corrected chi connectivity index (χ2v) is 6.46. The summed E-state index contributed by atoms with van der Waals surface area (Å²) in [6, 6.07) is 6.57. The van der Waals surface area contributed by atoms with Gasteiger partial charge in [0.05, 0.1) is 7.11 Å². The van der Waals surface area contributed by atoms with Gasteiger partial charge in [-0.15, -0.1) is 0 Å². The van der Waals surface area contributed by atoms with Gasteiger partial charge >= 0.3 is 0 Å². The highest BCUT2D eigenvalue weighted by molar-refractivity contribution is 5.37. The van der Waals surface area contributed by atoms with Crippen LogP contribution < -0.4 is 10.5 Å². The zero-order valence-electron chi connectivity index (χ0n) is 13.2. The maximum absolute atomic E-state index is 5.97. The topological polar surface area (TPSA) is 38.5 Å². The molecule has 0 saturated carbocycles. The first-order valence-corrected chi connectivity index (χ1v) is 6.83. The molecule has 1 unspecified atom stereocenters. The average molecular weight is 264 g/mol. The first kappa shape index (κ1) is 16.0. The maximum Gasteiger partial charge on any atom is 0.121 e. The third kappa shape index (κ3) is 4.51. The number of hydrogen-bond acceptors (Lipinski definition) is 3. The molecule has 0 aliphatic rings. The molecule has 1 aromatic rings. The van der Waals surface area contributed by atoms with Crippen molar-refractivity contribution in [2.24, 2.45) is 11.1 Å². The predicted octanol–water partition coefficient (Wildman–Crippen LogP) is 2.98. The van der Waals surface area contributed by atoms with Gasteiger partial charge in [-0.2, -0.15) is 0 Å². The SMILES string of the molecule is COc1ccc(C(CN)N(C)CC(C)(C)C)cc1C. The van der Waals surface area contributed by atoms with Crippen LogP contribution in [0.15, 0.2) is 18.2 Å². The minimum absolute atomic E-state index is 0.254. The van der Waals surface area contributed by atoms with Crippen LogP contribution in [0.4, 0.5) is 0 Å². The summed E-state index contributed by atoms with van der Waals surface area (Å²) in [4.78, 5) is 2.33. The lowest BCUT2D eigenvalue weighted by molar-refractivity contribution is 0.175. The lowest BCUT2D eigenvalue weighted by Gasteiger charge is -2.33. The van der Waals surface area contributed by atoms with E-state index in [1.165, 1.54) is 5.56 Å². The Morgan fingerprint density at radius 1 is 1.32 bits per heavy atom. The molecule has 0 aliphatic heterocycles. The summed E-state index contributed by atoms with van der Waals surface area (Å²) < 4.78 is 5.31. The van der Waals surface area contributed by atoms with Gasteiger partial charge < -0.3 is 10.5 Å². The van der Waals surface area contributed by atoms with E-state index in [0.29, 0.717) is 6.54 Å². The number of ether oxygens (including phenoxy) is 1. The number of aryl methyl sites for hydroxylation is 1. The van der Waals surface area contributed by atoms with Gasteiger partial charge in [0, 0.05) is 19.1 Å². The van der Waals surface area contributed by atoms with E-state index in [2.05, 4.69) is 51.8 Å². The number of nitrogens with two attached hydrogens (primary N) is 1. The van der Waals surface area contributed by atoms with Crippen LogP contribution in [0.1, 0.15) is 37.9 Å². The number of likely N-dealkylation sites (N-methyl/N-ethyl adjacent to an activating group) is 1. The number of rotatable bonds is 5. The van der Waals surface area contributed by atoms with Crippen molar-refractivity contribution in [1.82, 2.24) is 4.90 Å². The molecule has 1 atom stereocenters. The summed E-state index contributed by atoms with van der Waals surface area (Å²) in [5.74, 6) is 0.929. The van der Waals surface area contributed by atoms with Crippen LogP contribution in [0.5, 0.6) is 5.75 Å². The summed E-state index contributed by atoms with van der Waals surface area (Å²) in [5.41, 5.74) is 8.65. The Balaban J connectivity index is 2.94. The van der Waals surface area contributed by atoms with E-state index in [4.69, 9.17) is 10.5 Å². The van der Waals surface area contributed by atoms with E-state index in [0.717, 1.165) is 17.9 Å². The number of benzene rings is 1. The van der Waals surface area contributed by atoms with Crippen LogP contribution in [0.3, 0.4) is 0 Å². The molecule has 0 saturated heterocycles. The Labute approximate surface area is 117 Å². The molecule has 108 valence electrons.